The Hall–Kier alpha value is -0.500. The van der Waals surface area contributed by atoms with Crippen LogP contribution in [0.1, 0.15) is 13.8 Å². The van der Waals surface area contributed by atoms with Gasteiger partial charge in [-0.3, -0.25) is 0 Å². The van der Waals surface area contributed by atoms with Crippen molar-refractivity contribution in [1.82, 2.24) is 9.62 Å². The molecule has 2 aliphatic rings. The summed E-state index contributed by atoms with van der Waals surface area (Å²) in [7, 11) is -3.64. The lowest BCUT2D eigenvalue weighted by atomic mass is 9.85. The zero-order valence-electron chi connectivity index (χ0n) is 11.9. The van der Waals surface area contributed by atoms with Crippen LogP contribution in [0.2, 0.25) is 0 Å². The van der Waals surface area contributed by atoms with Crippen molar-refractivity contribution in [2.24, 2.45) is 11.8 Å². The molecule has 1 aromatic rings. The van der Waals surface area contributed by atoms with E-state index < -0.39 is 21.4 Å². The van der Waals surface area contributed by atoms with Crippen molar-refractivity contribution in [3.05, 3.63) is 28.5 Å². The molecule has 1 N–H and O–H groups in total. The number of halogens is 2. The molecule has 7 heteroatoms. The van der Waals surface area contributed by atoms with E-state index in [0.717, 1.165) is 13.1 Å². The molecule has 2 heterocycles. The summed E-state index contributed by atoms with van der Waals surface area (Å²) >= 11 is 3.17. The van der Waals surface area contributed by atoms with Gasteiger partial charge in [-0.15, -0.1) is 0 Å². The van der Waals surface area contributed by atoms with Gasteiger partial charge >= 0.3 is 0 Å². The Morgan fingerprint density at radius 3 is 2.71 bits per heavy atom. The highest BCUT2D eigenvalue weighted by Crippen LogP contribution is 2.44. The Bertz CT molecular complexity index is 678. The fourth-order valence-corrected chi connectivity index (χ4v) is 6.49. The number of hydrogen-bond acceptors (Lipinski definition) is 3. The summed E-state index contributed by atoms with van der Waals surface area (Å²) in [5, 5.41) is 3.33. The van der Waals surface area contributed by atoms with Gasteiger partial charge in [-0.1, -0.05) is 0 Å². The maximum Gasteiger partial charge on any atom is 0.244 e. The van der Waals surface area contributed by atoms with E-state index in [1.165, 1.54) is 18.2 Å². The second kappa shape index (κ2) is 5.01. The third-order valence-electron chi connectivity index (χ3n) is 4.75. The highest BCUT2D eigenvalue weighted by atomic mass is 79.9. The van der Waals surface area contributed by atoms with Crippen LogP contribution in [-0.2, 0) is 10.0 Å². The molecule has 0 aromatic heterocycles. The third-order valence-corrected chi connectivity index (χ3v) is 7.78. The summed E-state index contributed by atoms with van der Waals surface area (Å²) in [6.07, 6.45) is 0. The average molecular weight is 377 g/mol. The Labute approximate surface area is 132 Å². The number of sulfonamides is 1. The van der Waals surface area contributed by atoms with Crippen molar-refractivity contribution in [2.75, 3.05) is 19.6 Å². The second-order valence-electron chi connectivity index (χ2n) is 6.29. The van der Waals surface area contributed by atoms with E-state index in [9.17, 15) is 12.8 Å². The van der Waals surface area contributed by atoms with E-state index in [-0.39, 0.29) is 9.37 Å². The maximum absolute atomic E-state index is 13.2. The Kier molecular flexibility index (Phi) is 3.67. The first-order chi connectivity index (χ1) is 9.74. The molecule has 4 nitrogen and oxygen atoms in total. The number of benzene rings is 1. The molecule has 1 aromatic carbocycles. The lowest BCUT2D eigenvalue weighted by Gasteiger charge is -2.34. The molecule has 2 aliphatic heterocycles. The lowest BCUT2D eigenvalue weighted by Crippen LogP contribution is -2.47. The van der Waals surface area contributed by atoms with Gasteiger partial charge in [0, 0.05) is 23.1 Å². The SMILES string of the molecule is CC1(C)C2CNCC2CN1S(=O)(=O)c1ccc(F)cc1Br. The smallest absolute Gasteiger partial charge is 0.244 e. The van der Waals surface area contributed by atoms with Crippen LogP contribution in [0.3, 0.4) is 0 Å². The Balaban J connectivity index is 2.03. The standard InChI is InChI=1S/C14H18BrFN2O2S/c1-14(2)11-7-17-6-9(11)8-18(14)21(19,20)13-4-3-10(16)5-12(13)15/h3-5,9,11,17H,6-8H2,1-2H3. The first-order valence-corrected chi connectivity index (χ1v) is 9.16. The number of fused-ring (bicyclic) bond motifs is 1. The van der Waals surface area contributed by atoms with E-state index in [2.05, 4.69) is 21.2 Å². The van der Waals surface area contributed by atoms with Gasteiger partial charge in [0.1, 0.15) is 5.82 Å². The van der Waals surface area contributed by atoms with Crippen molar-refractivity contribution >= 4 is 26.0 Å². The van der Waals surface area contributed by atoms with Gasteiger partial charge < -0.3 is 5.32 Å². The largest absolute Gasteiger partial charge is 0.316 e. The van der Waals surface area contributed by atoms with Gasteiger partial charge in [0.25, 0.3) is 0 Å². The van der Waals surface area contributed by atoms with E-state index >= 15 is 0 Å². The quantitative estimate of drug-likeness (QED) is 0.860. The normalized spacial score (nSPS) is 28.8. The van der Waals surface area contributed by atoms with Crippen molar-refractivity contribution in [2.45, 2.75) is 24.3 Å². The van der Waals surface area contributed by atoms with Gasteiger partial charge in [-0.05, 0) is 66.4 Å². The van der Waals surface area contributed by atoms with E-state index in [1.807, 2.05) is 13.8 Å². The van der Waals surface area contributed by atoms with Crippen LogP contribution in [0.5, 0.6) is 0 Å². The lowest BCUT2D eigenvalue weighted by molar-refractivity contribution is 0.233. The fraction of sp³-hybridized carbons (Fsp3) is 0.571. The fourth-order valence-electron chi connectivity index (χ4n) is 3.60. The number of nitrogens with zero attached hydrogens (tertiary/aromatic N) is 1. The van der Waals surface area contributed by atoms with Crippen molar-refractivity contribution < 1.29 is 12.8 Å². The molecule has 116 valence electrons. The summed E-state index contributed by atoms with van der Waals surface area (Å²) < 4.78 is 41.0. The number of hydrogen-bond donors (Lipinski definition) is 1. The average Bonchev–Trinajstić information content (AvgIpc) is 2.91. The monoisotopic (exact) mass is 376 g/mol. The minimum atomic E-state index is -3.64. The molecule has 0 bridgehead atoms. The predicted octanol–water partition coefficient (Wildman–Crippen LogP) is 2.21. The molecule has 2 fully saturated rings. The number of nitrogens with one attached hydrogen (secondary N) is 1. The molecule has 2 saturated heterocycles. The zero-order chi connectivity index (χ0) is 15.4. The number of rotatable bonds is 2. The Morgan fingerprint density at radius 2 is 2.10 bits per heavy atom. The van der Waals surface area contributed by atoms with Crippen LogP contribution < -0.4 is 5.32 Å². The molecule has 2 atom stereocenters. The molecule has 0 amide bonds. The molecule has 0 radical (unpaired) electrons. The minimum absolute atomic E-state index is 0.130. The second-order valence-corrected chi connectivity index (χ2v) is 8.97. The van der Waals surface area contributed by atoms with E-state index in [4.69, 9.17) is 0 Å². The molecule has 0 spiro atoms. The summed E-state index contributed by atoms with van der Waals surface area (Å²) in [5.41, 5.74) is -0.444. The summed E-state index contributed by atoms with van der Waals surface area (Å²) in [5.74, 6) is 0.197. The van der Waals surface area contributed by atoms with E-state index in [1.54, 1.807) is 4.31 Å². The van der Waals surface area contributed by atoms with Crippen LogP contribution in [0.15, 0.2) is 27.6 Å². The molecule has 21 heavy (non-hydrogen) atoms. The third kappa shape index (κ3) is 2.34. The minimum Gasteiger partial charge on any atom is -0.316 e. The Morgan fingerprint density at radius 1 is 1.38 bits per heavy atom. The molecule has 2 unspecified atom stereocenters. The molecule has 3 rings (SSSR count). The van der Waals surface area contributed by atoms with Crippen LogP contribution in [0.25, 0.3) is 0 Å². The maximum atomic E-state index is 13.2. The highest BCUT2D eigenvalue weighted by molar-refractivity contribution is 9.10. The van der Waals surface area contributed by atoms with E-state index in [0.29, 0.717) is 18.4 Å². The van der Waals surface area contributed by atoms with Gasteiger partial charge in [0.05, 0.1) is 4.90 Å². The van der Waals surface area contributed by atoms with Crippen LogP contribution >= 0.6 is 15.9 Å². The topological polar surface area (TPSA) is 49.4 Å². The summed E-state index contributed by atoms with van der Waals surface area (Å²) in [6.45, 7) is 6.15. The van der Waals surface area contributed by atoms with Gasteiger partial charge in [0.2, 0.25) is 10.0 Å². The highest BCUT2D eigenvalue weighted by Gasteiger charge is 2.54. The van der Waals surface area contributed by atoms with Crippen LogP contribution in [0, 0.1) is 17.7 Å². The van der Waals surface area contributed by atoms with Crippen molar-refractivity contribution in [3.8, 4) is 0 Å². The molecule has 0 saturated carbocycles. The van der Waals surface area contributed by atoms with Crippen LogP contribution in [0.4, 0.5) is 4.39 Å². The van der Waals surface area contributed by atoms with Crippen molar-refractivity contribution in [1.29, 1.82) is 0 Å². The van der Waals surface area contributed by atoms with Gasteiger partial charge in [-0.2, -0.15) is 4.31 Å². The molecular formula is C14H18BrFN2O2S. The van der Waals surface area contributed by atoms with Gasteiger partial charge in [-0.25, -0.2) is 12.8 Å². The van der Waals surface area contributed by atoms with Gasteiger partial charge in [0.15, 0.2) is 0 Å². The first-order valence-electron chi connectivity index (χ1n) is 6.93. The predicted molar refractivity (Wildman–Crippen MR) is 81.9 cm³/mol. The summed E-state index contributed by atoms with van der Waals surface area (Å²) in [6, 6.07) is 3.71. The van der Waals surface area contributed by atoms with Crippen molar-refractivity contribution in [3.63, 3.8) is 0 Å². The summed E-state index contributed by atoms with van der Waals surface area (Å²) in [4.78, 5) is 0.130. The molecular weight excluding hydrogens is 359 g/mol. The molecule has 0 aliphatic carbocycles. The zero-order valence-corrected chi connectivity index (χ0v) is 14.3. The van der Waals surface area contributed by atoms with Crippen LogP contribution in [-0.4, -0.2) is 37.9 Å². The first kappa shape index (κ1) is 15.4.